The van der Waals surface area contributed by atoms with Gasteiger partial charge in [0, 0.05) is 11.6 Å². The minimum atomic E-state index is -0.463. The molecule has 4 rings (SSSR count). The molecule has 2 aliphatic rings. The van der Waals surface area contributed by atoms with Crippen molar-refractivity contribution in [2.45, 2.75) is 71.6 Å². The van der Waals surface area contributed by atoms with E-state index in [-0.39, 0.29) is 17.8 Å². The largest absolute Gasteiger partial charge is 0.493 e. The maximum atomic E-state index is 12.9. The molecule has 1 fully saturated rings. The Balaban J connectivity index is 1.54. The number of nitrogens with zero attached hydrogens (tertiary/aromatic N) is 1. The van der Waals surface area contributed by atoms with Crippen LogP contribution in [0, 0.1) is 29.1 Å². The highest BCUT2D eigenvalue weighted by Gasteiger charge is 2.32. The van der Waals surface area contributed by atoms with Crippen LogP contribution in [0.1, 0.15) is 82.8 Å². The molecule has 2 aromatic carbocycles. The van der Waals surface area contributed by atoms with Crippen LogP contribution in [0.2, 0.25) is 0 Å². The predicted molar refractivity (Wildman–Crippen MR) is 150 cm³/mol. The fourth-order valence-electron chi connectivity index (χ4n) is 5.46. The molecule has 0 aromatic heterocycles. The average molecular weight is 533 g/mol. The Bertz CT molecular complexity index is 1240. The van der Waals surface area contributed by atoms with E-state index >= 15 is 0 Å². The van der Waals surface area contributed by atoms with Gasteiger partial charge in [0.2, 0.25) is 5.88 Å². The van der Waals surface area contributed by atoms with Gasteiger partial charge in [0.15, 0.2) is 11.5 Å². The molecule has 0 saturated heterocycles. The van der Waals surface area contributed by atoms with E-state index in [0.29, 0.717) is 41.1 Å². The molecule has 39 heavy (non-hydrogen) atoms. The molecule has 2 aromatic rings. The number of rotatable bonds is 10. The van der Waals surface area contributed by atoms with Crippen LogP contribution in [0.5, 0.6) is 23.0 Å². The van der Waals surface area contributed by atoms with E-state index in [1.54, 1.807) is 19.2 Å². The summed E-state index contributed by atoms with van der Waals surface area (Å²) in [4.78, 5) is 12.9. The van der Waals surface area contributed by atoms with Crippen molar-refractivity contribution in [3.05, 3.63) is 59.0 Å². The van der Waals surface area contributed by atoms with Gasteiger partial charge in [-0.25, -0.2) is 0 Å². The number of hydrogen-bond acceptors (Lipinski definition) is 7. The summed E-state index contributed by atoms with van der Waals surface area (Å²) in [6, 6.07) is 13.1. The van der Waals surface area contributed by atoms with Crippen LogP contribution in [-0.2, 0) is 4.79 Å². The van der Waals surface area contributed by atoms with Gasteiger partial charge in [-0.15, -0.1) is 0 Å². The van der Waals surface area contributed by atoms with E-state index in [1.807, 2.05) is 24.3 Å². The van der Waals surface area contributed by atoms with E-state index in [9.17, 15) is 10.1 Å². The smallest absolute Gasteiger partial charge is 0.314 e. The van der Waals surface area contributed by atoms with E-state index in [4.69, 9.17) is 24.7 Å². The number of ether oxygens (including phenoxy) is 4. The highest BCUT2D eigenvalue weighted by molar-refractivity contribution is 5.75. The Hall–Kier alpha value is -3.66. The minimum Gasteiger partial charge on any atom is -0.493 e. The summed E-state index contributed by atoms with van der Waals surface area (Å²) < 4.78 is 23.1. The second-order valence-electron chi connectivity index (χ2n) is 11.0. The summed E-state index contributed by atoms with van der Waals surface area (Å²) >= 11 is 0. The molecule has 1 unspecified atom stereocenters. The van der Waals surface area contributed by atoms with Crippen molar-refractivity contribution < 1.29 is 23.7 Å². The minimum absolute atomic E-state index is 0.0305. The molecule has 7 nitrogen and oxygen atoms in total. The van der Waals surface area contributed by atoms with Crippen molar-refractivity contribution in [2.75, 3.05) is 13.7 Å². The molecule has 1 aliphatic heterocycles. The zero-order valence-electron chi connectivity index (χ0n) is 23.5. The third kappa shape index (κ3) is 6.68. The predicted octanol–water partition coefficient (Wildman–Crippen LogP) is 6.85. The molecule has 208 valence electrons. The van der Waals surface area contributed by atoms with Crippen molar-refractivity contribution >= 4 is 5.97 Å². The SMILES string of the molecule is CCCCC1CCC(C(=O)Oc2ccc3c(c2)OC(N)=C(C#N)C3c2ccc(OCC(C)C)c(OC)c2)CC1. The summed E-state index contributed by atoms with van der Waals surface area (Å²) in [5.74, 6) is 2.48. The molecular weight excluding hydrogens is 492 g/mol. The van der Waals surface area contributed by atoms with Crippen molar-refractivity contribution in [3.63, 3.8) is 0 Å². The lowest BCUT2D eigenvalue weighted by atomic mass is 9.80. The van der Waals surface area contributed by atoms with Crippen molar-refractivity contribution in [1.82, 2.24) is 0 Å². The molecule has 7 heteroatoms. The van der Waals surface area contributed by atoms with Gasteiger partial charge in [0.25, 0.3) is 0 Å². The Kier molecular flexibility index (Phi) is 9.40. The van der Waals surface area contributed by atoms with Crippen molar-refractivity contribution in [3.8, 4) is 29.1 Å². The number of methoxy groups -OCH3 is 1. The zero-order chi connectivity index (χ0) is 27.9. The van der Waals surface area contributed by atoms with Crippen LogP contribution in [0.15, 0.2) is 47.9 Å². The molecule has 0 spiro atoms. The maximum absolute atomic E-state index is 12.9. The number of carbonyl (C=O) groups is 1. The topological polar surface area (TPSA) is 104 Å². The normalized spacial score (nSPS) is 20.6. The standard InChI is InChI=1S/C32H40N2O5/c1-5-6-7-21-8-10-22(11-9-21)32(35)38-24-13-14-25-28(17-24)39-31(34)26(18-33)30(25)23-12-15-27(29(16-23)36-4)37-19-20(2)3/h12-17,20-22,30H,5-11,19,34H2,1-4H3. The van der Waals surface area contributed by atoms with Crippen LogP contribution in [0.25, 0.3) is 0 Å². The van der Waals surface area contributed by atoms with Crippen molar-refractivity contribution in [1.29, 1.82) is 5.26 Å². The number of unbranched alkanes of at least 4 members (excludes halogenated alkanes) is 1. The third-order valence-corrected chi connectivity index (χ3v) is 7.65. The van der Waals surface area contributed by atoms with Crippen LogP contribution in [0.4, 0.5) is 0 Å². The van der Waals surface area contributed by atoms with Gasteiger partial charge in [-0.05, 0) is 61.3 Å². The van der Waals surface area contributed by atoms with E-state index < -0.39 is 5.92 Å². The monoisotopic (exact) mass is 532 g/mol. The molecular formula is C32H40N2O5. The van der Waals surface area contributed by atoms with Crippen molar-refractivity contribution in [2.24, 2.45) is 23.5 Å². The Morgan fingerprint density at radius 2 is 1.90 bits per heavy atom. The van der Waals surface area contributed by atoms with E-state index in [2.05, 4.69) is 26.8 Å². The zero-order valence-corrected chi connectivity index (χ0v) is 23.5. The summed E-state index contributed by atoms with van der Waals surface area (Å²) in [7, 11) is 1.59. The Morgan fingerprint density at radius 3 is 2.56 bits per heavy atom. The van der Waals surface area contributed by atoms with Crippen LogP contribution >= 0.6 is 0 Å². The number of benzene rings is 2. The summed E-state index contributed by atoms with van der Waals surface area (Å²) in [5.41, 5.74) is 8.09. The highest BCUT2D eigenvalue weighted by Crippen LogP contribution is 2.45. The first-order chi connectivity index (χ1) is 18.8. The second kappa shape index (κ2) is 12.9. The van der Waals surface area contributed by atoms with Gasteiger partial charge in [-0.3, -0.25) is 4.79 Å². The Labute approximate surface area is 231 Å². The summed E-state index contributed by atoms with van der Waals surface area (Å²) in [6.07, 6.45) is 7.62. The van der Waals surface area contributed by atoms with Gasteiger partial charge in [-0.2, -0.15) is 5.26 Å². The molecule has 1 atom stereocenters. The summed E-state index contributed by atoms with van der Waals surface area (Å²) in [5, 5.41) is 9.94. The number of fused-ring (bicyclic) bond motifs is 1. The van der Waals surface area contributed by atoms with Gasteiger partial charge in [-0.1, -0.05) is 52.2 Å². The first-order valence-corrected chi connectivity index (χ1v) is 14.1. The maximum Gasteiger partial charge on any atom is 0.314 e. The van der Waals surface area contributed by atoms with Gasteiger partial charge < -0.3 is 24.7 Å². The quantitative estimate of drug-likeness (QED) is 0.264. The average Bonchev–Trinajstić information content (AvgIpc) is 2.94. The van der Waals surface area contributed by atoms with Gasteiger partial charge in [0.05, 0.1) is 25.6 Å². The number of nitrogens with two attached hydrogens (primary N) is 1. The lowest BCUT2D eigenvalue weighted by Gasteiger charge is -2.28. The summed E-state index contributed by atoms with van der Waals surface area (Å²) in [6.45, 7) is 6.94. The first kappa shape index (κ1) is 28.4. The van der Waals surface area contributed by atoms with Gasteiger partial charge in [0.1, 0.15) is 23.1 Å². The molecule has 1 aliphatic carbocycles. The van der Waals surface area contributed by atoms with Crippen LogP contribution in [0.3, 0.4) is 0 Å². The highest BCUT2D eigenvalue weighted by atomic mass is 16.5. The molecule has 0 bridgehead atoms. The fraction of sp³-hybridized carbons (Fsp3) is 0.500. The first-order valence-electron chi connectivity index (χ1n) is 14.1. The van der Waals surface area contributed by atoms with E-state index in [1.165, 1.54) is 19.3 Å². The molecule has 1 heterocycles. The van der Waals surface area contributed by atoms with Crippen LogP contribution in [-0.4, -0.2) is 19.7 Å². The van der Waals surface area contributed by atoms with E-state index in [0.717, 1.165) is 42.7 Å². The number of carbonyl (C=O) groups excluding carboxylic acids is 1. The van der Waals surface area contributed by atoms with Crippen LogP contribution < -0.4 is 24.7 Å². The Morgan fingerprint density at radius 1 is 1.13 bits per heavy atom. The molecule has 2 N–H and O–H groups in total. The fourth-order valence-corrected chi connectivity index (χ4v) is 5.46. The number of hydrogen-bond donors (Lipinski definition) is 1. The number of nitriles is 1. The third-order valence-electron chi connectivity index (χ3n) is 7.65. The number of esters is 1. The molecule has 1 saturated carbocycles. The lowest BCUT2D eigenvalue weighted by molar-refractivity contribution is -0.140. The molecule has 0 amide bonds. The second-order valence-corrected chi connectivity index (χ2v) is 11.0. The lowest BCUT2D eigenvalue weighted by Crippen LogP contribution is -2.26. The number of allylic oxidation sites excluding steroid dienone is 1. The molecule has 0 radical (unpaired) electrons. The van der Waals surface area contributed by atoms with Gasteiger partial charge >= 0.3 is 5.97 Å².